The molecule has 0 aliphatic carbocycles. The molecule has 1 aromatic carbocycles. The van der Waals surface area contributed by atoms with Gasteiger partial charge in [-0.15, -0.1) is 0 Å². The van der Waals surface area contributed by atoms with Crippen molar-refractivity contribution in [3.8, 4) is 5.75 Å². The first kappa shape index (κ1) is 16.3. The monoisotopic (exact) mass is 389 g/mol. The number of carbonyl (C=O) groups excluding carboxylic acids is 1. The molecule has 3 rings (SSSR count). The summed E-state index contributed by atoms with van der Waals surface area (Å²) in [7, 11) is 1.83. The number of ether oxygens (including phenoxy) is 1. The quantitative estimate of drug-likeness (QED) is 0.701. The molecular formula is C16H16BrN5O2. The number of halogens is 1. The summed E-state index contributed by atoms with van der Waals surface area (Å²) in [5.41, 5.74) is 1.28. The minimum atomic E-state index is -0.235. The fraction of sp³-hybridized carbons (Fsp3) is 0.188. The SMILES string of the molecule is Cn1cc(CNC(=O)c2ccn(COc3ccc(Br)cc3)n2)cn1. The molecule has 0 spiro atoms. The molecule has 3 aromatic rings. The van der Waals surface area contributed by atoms with Crippen LogP contribution < -0.4 is 10.1 Å². The fourth-order valence-corrected chi connectivity index (χ4v) is 2.33. The minimum absolute atomic E-state index is 0.234. The Morgan fingerprint density at radius 1 is 1.29 bits per heavy atom. The van der Waals surface area contributed by atoms with E-state index in [1.165, 1.54) is 0 Å². The Kier molecular flexibility index (Phi) is 4.95. The number of rotatable bonds is 6. The first-order valence-electron chi connectivity index (χ1n) is 7.28. The van der Waals surface area contributed by atoms with E-state index in [9.17, 15) is 4.79 Å². The number of aryl methyl sites for hydroxylation is 1. The number of benzene rings is 1. The van der Waals surface area contributed by atoms with Gasteiger partial charge in [-0.2, -0.15) is 10.2 Å². The Hall–Kier alpha value is -2.61. The van der Waals surface area contributed by atoms with Gasteiger partial charge in [0.1, 0.15) is 11.4 Å². The van der Waals surface area contributed by atoms with Gasteiger partial charge in [-0.1, -0.05) is 15.9 Å². The Morgan fingerprint density at radius 2 is 2.08 bits per heavy atom. The van der Waals surface area contributed by atoms with Crippen molar-refractivity contribution in [1.82, 2.24) is 24.9 Å². The molecule has 0 bridgehead atoms. The van der Waals surface area contributed by atoms with Crippen LogP contribution in [0.4, 0.5) is 0 Å². The number of carbonyl (C=O) groups is 1. The molecule has 8 heteroatoms. The van der Waals surface area contributed by atoms with E-state index in [4.69, 9.17) is 4.74 Å². The Balaban J connectivity index is 1.52. The van der Waals surface area contributed by atoms with Crippen LogP contribution >= 0.6 is 15.9 Å². The molecule has 2 heterocycles. The molecule has 0 aliphatic rings. The number of hydrogen-bond donors (Lipinski definition) is 1. The van der Waals surface area contributed by atoms with E-state index in [2.05, 4.69) is 31.4 Å². The van der Waals surface area contributed by atoms with Crippen LogP contribution in [0.15, 0.2) is 53.4 Å². The van der Waals surface area contributed by atoms with Crippen LogP contribution in [0.2, 0.25) is 0 Å². The summed E-state index contributed by atoms with van der Waals surface area (Å²) in [6, 6.07) is 9.17. The van der Waals surface area contributed by atoms with Crippen molar-refractivity contribution in [2.24, 2.45) is 7.05 Å². The lowest BCUT2D eigenvalue weighted by atomic mass is 10.3. The number of nitrogens with zero attached hydrogens (tertiary/aromatic N) is 4. The van der Waals surface area contributed by atoms with Crippen molar-refractivity contribution < 1.29 is 9.53 Å². The molecule has 124 valence electrons. The third kappa shape index (κ3) is 4.23. The van der Waals surface area contributed by atoms with E-state index in [0.717, 1.165) is 15.8 Å². The van der Waals surface area contributed by atoms with Gasteiger partial charge in [-0.25, -0.2) is 4.68 Å². The topological polar surface area (TPSA) is 74.0 Å². The maximum atomic E-state index is 12.1. The second kappa shape index (κ2) is 7.31. The van der Waals surface area contributed by atoms with Gasteiger partial charge >= 0.3 is 0 Å². The van der Waals surface area contributed by atoms with Gasteiger partial charge in [0.15, 0.2) is 6.73 Å². The molecule has 24 heavy (non-hydrogen) atoms. The molecule has 1 amide bonds. The average Bonchev–Trinajstić information content (AvgIpc) is 3.21. The van der Waals surface area contributed by atoms with Gasteiger partial charge in [-0.05, 0) is 30.3 Å². The van der Waals surface area contributed by atoms with Gasteiger partial charge in [0.25, 0.3) is 5.91 Å². The van der Waals surface area contributed by atoms with Crippen molar-refractivity contribution in [3.05, 3.63) is 64.7 Å². The molecular weight excluding hydrogens is 374 g/mol. The van der Waals surface area contributed by atoms with Gasteiger partial charge in [-0.3, -0.25) is 9.48 Å². The highest BCUT2D eigenvalue weighted by Gasteiger charge is 2.09. The highest BCUT2D eigenvalue weighted by Crippen LogP contribution is 2.16. The van der Waals surface area contributed by atoms with Gasteiger partial charge in [0.05, 0.1) is 6.20 Å². The molecule has 2 aromatic heterocycles. The molecule has 7 nitrogen and oxygen atoms in total. The Bertz CT molecular complexity index is 825. The predicted octanol–water partition coefficient (Wildman–Crippen LogP) is 2.35. The van der Waals surface area contributed by atoms with Crippen LogP contribution in [0.3, 0.4) is 0 Å². The van der Waals surface area contributed by atoms with Gasteiger partial charge < -0.3 is 10.1 Å². The number of hydrogen-bond acceptors (Lipinski definition) is 4. The van der Waals surface area contributed by atoms with Crippen LogP contribution in [0, 0.1) is 0 Å². The van der Waals surface area contributed by atoms with Crippen LogP contribution in [0.25, 0.3) is 0 Å². The second-order valence-corrected chi connectivity index (χ2v) is 6.09. The van der Waals surface area contributed by atoms with E-state index in [1.807, 2.05) is 37.5 Å². The predicted molar refractivity (Wildman–Crippen MR) is 91.4 cm³/mol. The number of amides is 1. The number of aromatic nitrogens is 4. The summed E-state index contributed by atoms with van der Waals surface area (Å²) in [5, 5.41) is 11.1. The first-order valence-corrected chi connectivity index (χ1v) is 8.07. The molecule has 0 saturated carbocycles. The average molecular weight is 390 g/mol. The minimum Gasteiger partial charge on any atom is -0.471 e. The van der Waals surface area contributed by atoms with E-state index < -0.39 is 0 Å². The van der Waals surface area contributed by atoms with Crippen molar-refractivity contribution in [2.75, 3.05) is 0 Å². The van der Waals surface area contributed by atoms with E-state index >= 15 is 0 Å². The Labute approximate surface area is 147 Å². The van der Waals surface area contributed by atoms with Crippen molar-refractivity contribution in [3.63, 3.8) is 0 Å². The first-order chi connectivity index (χ1) is 11.6. The highest BCUT2D eigenvalue weighted by molar-refractivity contribution is 9.10. The molecule has 0 unspecified atom stereocenters. The van der Waals surface area contributed by atoms with Crippen molar-refractivity contribution in [1.29, 1.82) is 0 Å². The molecule has 0 fully saturated rings. The van der Waals surface area contributed by atoms with Crippen molar-refractivity contribution in [2.45, 2.75) is 13.3 Å². The van der Waals surface area contributed by atoms with E-state index in [0.29, 0.717) is 12.2 Å². The smallest absolute Gasteiger partial charge is 0.272 e. The van der Waals surface area contributed by atoms with E-state index in [1.54, 1.807) is 27.8 Å². The molecule has 0 saturated heterocycles. The van der Waals surface area contributed by atoms with Crippen molar-refractivity contribution >= 4 is 21.8 Å². The van der Waals surface area contributed by atoms with Crippen LogP contribution in [-0.4, -0.2) is 25.5 Å². The summed E-state index contributed by atoms with van der Waals surface area (Å²) >= 11 is 3.37. The molecule has 0 radical (unpaired) electrons. The van der Waals surface area contributed by atoms with E-state index in [-0.39, 0.29) is 12.6 Å². The zero-order chi connectivity index (χ0) is 16.9. The molecule has 0 aliphatic heterocycles. The highest BCUT2D eigenvalue weighted by atomic mass is 79.9. The van der Waals surface area contributed by atoms with Crippen LogP contribution in [0.5, 0.6) is 5.75 Å². The fourth-order valence-electron chi connectivity index (χ4n) is 2.06. The lowest BCUT2D eigenvalue weighted by Crippen LogP contribution is -2.23. The normalized spacial score (nSPS) is 10.6. The summed E-state index contributed by atoms with van der Waals surface area (Å²) in [6.07, 6.45) is 5.27. The zero-order valence-electron chi connectivity index (χ0n) is 13.0. The van der Waals surface area contributed by atoms with Gasteiger partial charge in [0, 0.05) is 36.0 Å². The third-order valence-corrected chi connectivity index (χ3v) is 3.79. The largest absolute Gasteiger partial charge is 0.471 e. The maximum absolute atomic E-state index is 12.1. The van der Waals surface area contributed by atoms with Crippen LogP contribution in [-0.2, 0) is 20.3 Å². The number of nitrogens with one attached hydrogen (secondary N) is 1. The zero-order valence-corrected chi connectivity index (χ0v) is 14.6. The summed E-state index contributed by atoms with van der Waals surface area (Å²) in [6.45, 7) is 0.645. The summed E-state index contributed by atoms with van der Waals surface area (Å²) in [4.78, 5) is 12.1. The van der Waals surface area contributed by atoms with Crippen LogP contribution in [0.1, 0.15) is 16.1 Å². The molecule has 0 atom stereocenters. The maximum Gasteiger partial charge on any atom is 0.272 e. The standard InChI is InChI=1S/C16H16BrN5O2/c1-21-10-12(9-19-21)8-18-16(23)15-6-7-22(20-15)11-24-14-4-2-13(17)3-5-14/h2-7,9-10H,8,11H2,1H3,(H,18,23). The van der Waals surface area contributed by atoms with Gasteiger partial charge in [0.2, 0.25) is 0 Å². The lowest BCUT2D eigenvalue weighted by Gasteiger charge is -2.06. The molecule has 1 N–H and O–H groups in total. The summed E-state index contributed by atoms with van der Waals surface area (Å²) < 4.78 is 9.86. The Morgan fingerprint density at radius 3 is 2.79 bits per heavy atom. The lowest BCUT2D eigenvalue weighted by molar-refractivity contribution is 0.0944. The third-order valence-electron chi connectivity index (χ3n) is 3.26. The summed E-state index contributed by atoms with van der Waals surface area (Å²) in [5.74, 6) is 0.498. The second-order valence-electron chi connectivity index (χ2n) is 5.17.